The van der Waals surface area contributed by atoms with Gasteiger partial charge in [-0.05, 0) is 76.5 Å². The maximum Gasteiger partial charge on any atom is 0.321 e. The third kappa shape index (κ3) is 4.78. The van der Waals surface area contributed by atoms with Crippen LogP contribution in [-0.4, -0.2) is 34.4 Å². The third-order valence-electron chi connectivity index (χ3n) is 5.74. The number of imide groups is 1. The van der Waals surface area contributed by atoms with E-state index in [2.05, 4.69) is 26.6 Å². The fourth-order valence-corrected chi connectivity index (χ4v) is 7.09. The first-order valence-electron chi connectivity index (χ1n) is 9.43. The standard InChI is InChI=1S/C19H29BrN2O4/c1-17(2,3)22-16(25)21-14(23)10-26-15(24)9-18-5-12-4-13(6-18)8-19(20,7-12)11-18/h12-13H,4-11H2,1-3H3,(H2,21,22,23,25). The number of alkyl halides is 1. The molecule has 4 fully saturated rings. The molecule has 7 heteroatoms. The van der Waals surface area contributed by atoms with Crippen LogP contribution in [0.1, 0.15) is 65.7 Å². The molecular formula is C19H29BrN2O4. The van der Waals surface area contributed by atoms with Gasteiger partial charge in [0.1, 0.15) is 0 Å². The van der Waals surface area contributed by atoms with Crippen molar-refractivity contribution in [3.63, 3.8) is 0 Å². The van der Waals surface area contributed by atoms with E-state index in [1.165, 1.54) is 19.3 Å². The number of carbonyl (C=O) groups excluding carboxylic acids is 3. The minimum atomic E-state index is -0.609. The van der Waals surface area contributed by atoms with Gasteiger partial charge in [-0.2, -0.15) is 0 Å². The summed E-state index contributed by atoms with van der Waals surface area (Å²) in [5.74, 6) is 0.456. The first kappa shape index (κ1) is 19.6. The van der Waals surface area contributed by atoms with E-state index in [0.29, 0.717) is 18.3 Å². The molecule has 4 aliphatic carbocycles. The van der Waals surface area contributed by atoms with Gasteiger partial charge >= 0.3 is 12.0 Å². The molecule has 0 heterocycles. The Morgan fingerprint density at radius 1 is 1.12 bits per heavy atom. The topological polar surface area (TPSA) is 84.5 Å². The molecule has 0 aromatic carbocycles. The molecule has 0 spiro atoms. The molecule has 4 rings (SSSR count). The molecule has 2 N–H and O–H groups in total. The number of halogens is 1. The van der Waals surface area contributed by atoms with Crippen LogP contribution >= 0.6 is 15.9 Å². The molecule has 4 aliphatic rings. The van der Waals surface area contributed by atoms with Gasteiger partial charge in [-0.15, -0.1) is 0 Å². The van der Waals surface area contributed by atoms with Crippen molar-refractivity contribution >= 4 is 33.8 Å². The Hall–Kier alpha value is -1.11. The van der Waals surface area contributed by atoms with E-state index in [4.69, 9.17) is 4.74 Å². The van der Waals surface area contributed by atoms with Crippen LogP contribution in [0.4, 0.5) is 4.79 Å². The van der Waals surface area contributed by atoms with E-state index in [1.54, 1.807) is 0 Å². The molecule has 0 aromatic heterocycles. The number of ether oxygens (including phenoxy) is 1. The summed E-state index contributed by atoms with van der Waals surface area (Å²) in [5, 5.41) is 4.81. The molecule has 4 saturated carbocycles. The smallest absolute Gasteiger partial charge is 0.321 e. The fourth-order valence-electron chi connectivity index (χ4n) is 5.58. The Labute approximate surface area is 163 Å². The maximum atomic E-state index is 12.3. The number of amides is 3. The predicted molar refractivity (Wildman–Crippen MR) is 101 cm³/mol. The van der Waals surface area contributed by atoms with E-state index in [9.17, 15) is 14.4 Å². The highest BCUT2D eigenvalue weighted by molar-refractivity contribution is 9.10. The van der Waals surface area contributed by atoms with Gasteiger partial charge in [0, 0.05) is 9.86 Å². The van der Waals surface area contributed by atoms with Gasteiger partial charge in [-0.3, -0.25) is 14.9 Å². The van der Waals surface area contributed by atoms with E-state index in [1.807, 2.05) is 20.8 Å². The molecule has 3 amide bonds. The summed E-state index contributed by atoms with van der Waals surface area (Å²) in [7, 11) is 0. The summed E-state index contributed by atoms with van der Waals surface area (Å²) in [6.45, 7) is 5.04. The van der Waals surface area contributed by atoms with E-state index >= 15 is 0 Å². The van der Waals surface area contributed by atoms with Crippen LogP contribution in [0.15, 0.2) is 0 Å². The number of hydrogen-bond acceptors (Lipinski definition) is 4. The van der Waals surface area contributed by atoms with Crippen molar-refractivity contribution in [3.05, 3.63) is 0 Å². The number of carbonyl (C=O) groups is 3. The van der Waals surface area contributed by atoms with Crippen molar-refractivity contribution in [1.29, 1.82) is 0 Å². The van der Waals surface area contributed by atoms with Gasteiger partial charge in [0.15, 0.2) is 6.61 Å². The lowest BCUT2D eigenvalue weighted by molar-refractivity contribution is -0.154. The Kier molecular flexibility index (Phi) is 5.14. The summed E-state index contributed by atoms with van der Waals surface area (Å²) >= 11 is 3.93. The Bertz CT molecular complexity index is 599. The van der Waals surface area contributed by atoms with E-state index < -0.39 is 24.1 Å². The molecule has 26 heavy (non-hydrogen) atoms. The van der Waals surface area contributed by atoms with Gasteiger partial charge in [0.2, 0.25) is 0 Å². The molecule has 6 nitrogen and oxygen atoms in total. The van der Waals surface area contributed by atoms with Crippen molar-refractivity contribution in [2.45, 2.75) is 75.6 Å². The summed E-state index contributed by atoms with van der Waals surface area (Å²) < 4.78 is 5.35. The van der Waals surface area contributed by atoms with Crippen LogP contribution in [0.3, 0.4) is 0 Å². The molecule has 0 saturated heterocycles. The first-order chi connectivity index (χ1) is 12.0. The third-order valence-corrected chi connectivity index (χ3v) is 6.66. The van der Waals surface area contributed by atoms with Gasteiger partial charge in [0.05, 0.1) is 6.42 Å². The molecular weight excluding hydrogens is 400 g/mol. The molecule has 2 atom stereocenters. The summed E-state index contributed by atoms with van der Waals surface area (Å²) in [5.41, 5.74) is -0.421. The minimum absolute atomic E-state index is 0.0186. The number of urea groups is 1. The lowest BCUT2D eigenvalue weighted by atomic mass is 9.49. The van der Waals surface area contributed by atoms with Crippen LogP contribution in [0.2, 0.25) is 0 Å². The van der Waals surface area contributed by atoms with Crippen LogP contribution in [0.25, 0.3) is 0 Å². The number of nitrogens with one attached hydrogen (secondary N) is 2. The second-order valence-corrected chi connectivity index (χ2v) is 11.4. The van der Waals surface area contributed by atoms with Crippen molar-refractivity contribution < 1.29 is 19.1 Å². The van der Waals surface area contributed by atoms with Crippen molar-refractivity contribution in [3.8, 4) is 0 Å². The van der Waals surface area contributed by atoms with Gasteiger partial charge in [-0.25, -0.2) is 4.79 Å². The lowest BCUT2D eigenvalue weighted by Gasteiger charge is -2.60. The van der Waals surface area contributed by atoms with Crippen molar-refractivity contribution in [1.82, 2.24) is 10.6 Å². The largest absolute Gasteiger partial charge is 0.456 e. The highest BCUT2D eigenvalue weighted by atomic mass is 79.9. The van der Waals surface area contributed by atoms with Gasteiger partial charge < -0.3 is 10.1 Å². The van der Waals surface area contributed by atoms with Crippen molar-refractivity contribution in [2.75, 3.05) is 6.61 Å². The Morgan fingerprint density at radius 3 is 2.27 bits per heavy atom. The lowest BCUT2D eigenvalue weighted by Crippen LogP contribution is -2.53. The predicted octanol–water partition coefficient (Wildman–Crippen LogP) is 3.28. The highest BCUT2D eigenvalue weighted by Gasteiger charge is 2.57. The Morgan fingerprint density at radius 2 is 1.73 bits per heavy atom. The molecule has 4 bridgehead atoms. The fraction of sp³-hybridized carbons (Fsp3) is 0.842. The highest BCUT2D eigenvalue weighted by Crippen LogP contribution is 2.65. The molecule has 0 aliphatic heterocycles. The average molecular weight is 429 g/mol. The van der Waals surface area contributed by atoms with Gasteiger partial charge in [0.25, 0.3) is 5.91 Å². The normalized spacial score (nSPS) is 35.1. The average Bonchev–Trinajstić information content (AvgIpc) is 2.39. The summed E-state index contributed by atoms with van der Waals surface area (Å²) in [6, 6.07) is -0.583. The molecule has 0 aromatic rings. The minimum Gasteiger partial charge on any atom is -0.456 e. The summed E-state index contributed by atoms with van der Waals surface area (Å²) in [6.07, 6.45) is 7.28. The zero-order chi connectivity index (χ0) is 19.2. The van der Waals surface area contributed by atoms with Crippen LogP contribution in [0, 0.1) is 17.3 Å². The van der Waals surface area contributed by atoms with E-state index in [0.717, 1.165) is 19.3 Å². The monoisotopic (exact) mass is 428 g/mol. The maximum absolute atomic E-state index is 12.3. The quantitative estimate of drug-likeness (QED) is 0.531. The molecule has 2 unspecified atom stereocenters. The zero-order valence-electron chi connectivity index (χ0n) is 15.8. The molecule has 0 radical (unpaired) electrons. The van der Waals surface area contributed by atoms with Crippen LogP contribution in [-0.2, 0) is 14.3 Å². The second kappa shape index (κ2) is 6.80. The van der Waals surface area contributed by atoms with Crippen LogP contribution < -0.4 is 10.6 Å². The zero-order valence-corrected chi connectivity index (χ0v) is 17.4. The number of esters is 1. The summed E-state index contributed by atoms with van der Waals surface area (Å²) in [4.78, 5) is 35.8. The van der Waals surface area contributed by atoms with Crippen molar-refractivity contribution in [2.24, 2.45) is 17.3 Å². The molecule has 146 valence electrons. The van der Waals surface area contributed by atoms with Gasteiger partial charge in [-0.1, -0.05) is 15.9 Å². The first-order valence-corrected chi connectivity index (χ1v) is 10.2. The number of rotatable bonds is 4. The second-order valence-electron chi connectivity index (χ2n) is 9.70. The van der Waals surface area contributed by atoms with E-state index in [-0.39, 0.29) is 15.7 Å². The SMILES string of the molecule is CC(C)(C)NC(=O)NC(=O)COC(=O)CC12CC3CC(CC(Br)(C3)C1)C2. The Balaban J connectivity index is 1.46. The van der Waals surface area contributed by atoms with Crippen LogP contribution in [0.5, 0.6) is 0 Å². The number of hydrogen-bond donors (Lipinski definition) is 2.